The Hall–Kier alpha value is -1.78. The minimum absolute atomic E-state index is 0.682. The third kappa shape index (κ3) is 2.33. The first-order valence-electron chi connectivity index (χ1n) is 4.43. The molecule has 0 radical (unpaired) electrons. The number of allylic oxidation sites excluding steroid dienone is 1. The van der Waals surface area contributed by atoms with Crippen LogP contribution in [0.1, 0.15) is 6.29 Å². The first kappa shape index (κ1) is 11.7. The second kappa shape index (κ2) is 4.24. The molecule has 1 aliphatic rings. The van der Waals surface area contributed by atoms with Gasteiger partial charge in [-0.2, -0.15) is 8.42 Å². The number of hydroxylamine groups is 2. The van der Waals surface area contributed by atoms with E-state index in [4.69, 9.17) is 9.39 Å². The van der Waals surface area contributed by atoms with E-state index in [1.165, 1.54) is 18.4 Å². The van der Waals surface area contributed by atoms with Crippen molar-refractivity contribution in [1.29, 1.82) is 0 Å². The van der Waals surface area contributed by atoms with Crippen LogP contribution < -0.4 is 0 Å². The molecule has 0 aliphatic carbocycles. The van der Waals surface area contributed by atoms with E-state index in [1.54, 1.807) is 12.3 Å². The lowest BCUT2D eigenvalue weighted by molar-refractivity contribution is -0.143. The normalized spacial score (nSPS) is 19.9. The van der Waals surface area contributed by atoms with Gasteiger partial charge in [-0.25, -0.2) is 19.7 Å². The fourth-order valence-corrected chi connectivity index (χ4v) is 1.60. The third-order valence-corrected chi connectivity index (χ3v) is 2.58. The summed E-state index contributed by atoms with van der Waals surface area (Å²) in [5.41, 5.74) is 0. The monoisotopic (exact) mass is 259 g/mol. The minimum atomic E-state index is -4.42. The molecule has 10 heteroatoms. The Labute approximate surface area is 96.7 Å². The Morgan fingerprint density at radius 3 is 2.88 bits per heavy atom. The van der Waals surface area contributed by atoms with Gasteiger partial charge in [-0.05, 0) is 6.08 Å². The predicted octanol–water partition coefficient (Wildman–Crippen LogP) is -0.558. The van der Waals surface area contributed by atoms with Crippen molar-refractivity contribution in [2.45, 2.75) is 11.4 Å². The number of aromatic nitrogens is 3. The largest absolute Gasteiger partial charge is 0.332 e. The fraction of sp³-hybridized carbons (Fsp3) is 0.286. The van der Waals surface area contributed by atoms with E-state index in [9.17, 15) is 8.42 Å². The van der Waals surface area contributed by atoms with Gasteiger partial charge in [-0.15, -0.1) is 5.10 Å². The quantitative estimate of drug-likeness (QED) is 0.724. The second-order valence-electron chi connectivity index (χ2n) is 3.01. The molecular weight excluding hydrogens is 250 g/mol. The van der Waals surface area contributed by atoms with Crippen molar-refractivity contribution in [3.63, 3.8) is 0 Å². The summed E-state index contributed by atoms with van der Waals surface area (Å²) < 4.78 is 31.5. The highest BCUT2D eigenvalue weighted by molar-refractivity contribution is 7.85. The molecule has 0 bridgehead atoms. The van der Waals surface area contributed by atoms with Crippen LogP contribution >= 0.6 is 0 Å². The molecule has 92 valence electrons. The lowest BCUT2D eigenvalue weighted by atomic mass is 10.5. The maximum absolute atomic E-state index is 10.8. The molecule has 2 rings (SSSR count). The Balaban J connectivity index is 2.32. The van der Waals surface area contributed by atoms with Gasteiger partial charge < -0.3 is 0 Å². The molecule has 0 aromatic carbocycles. The zero-order valence-corrected chi connectivity index (χ0v) is 9.52. The Morgan fingerprint density at radius 1 is 1.53 bits per heavy atom. The molecule has 1 aliphatic heterocycles. The number of rotatable bonds is 3. The first-order valence-corrected chi connectivity index (χ1v) is 5.87. The average molecular weight is 259 g/mol. The fourth-order valence-electron chi connectivity index (χ4n) is 1.22. The van der Waals surface area contributed by atoms with E-state index in [1.807, 2.05) is 0 Å². The van der Waals surface area contributed by atoms with Gasteiger partial charge in [0.15, 0.2) is 0 Å². The number of hydrogen-bond acceptors (Lipinski definition) is 7. The van der Waals surface area contributed by atoms with Gasteiger partial charge in [0.25, 0.3) is 5.16 Å². The lowest BCUT2D eigenvalue weighted by Gasteiger charge is -2.25. The lowest BCUT2D eigenvalue weighted by Crippen LogP contribution is -2.28. The highest BCUT2D eigenvalue weighted by atomic mass is 32.2. The zero-order chi connectivity index (χ0) is 12.5. The summed E-state index contributed by atoms with van der Waals surface area (Å²) >= 11 is 0. The van der Waals surface area contributed by atoms with Crippen molar-refractivity contribution in [1.82, 2.24) is 19.8 Å². The van der Waals surface area contributed by atoms with E-state index in [2.05, 4.69) is 15.1 Å². The summed E-state index contributed by atoms with van der Waals surface area (Å²) in [6.07, 6.45) is 5.17. The van der Waals surface area contributed by atoms with Crippen LogP contribution in [0.25, 0.3) is 0 Å². The highest BCUT2D eigenvalue weighted by Gasteiger charge is 2.22. The van der Waals surface area contributed by atoms with E-state index in [-0.39, 0.29) is 0 Å². The maximum atomic E-state index is 10.8. The second-order valence-corrected chi connectivity index (χ2v) is 4.33. The molecule has 1 atom stereocenters. The molecule has 1 N–H and O–H groups in total. The smallest absolute Gasteiger partial charge is 0.279 e. The number of nitrogens with zero attached hydrogens (tertiary/aromatic N) is 5. The van der Waals surface area contributed by atoms with E-state index in [0.717, 1.165) is 11.0 Å². The molecular formula is C7H9N5O4S. The predicted molar refractivity (Wildman–Crippen MR) is 55.4 cm³/mol. The van der Waals surface area contributed by atoms with Crippen molar-refractivity contribution in [2.75, 3.05) is 7.11 Å². The van der Waals surface area contributed by atoms with Crippen molar-refractivity contribution in [2.24, 2.45) is 4.99 Å². The van der Waals surface area contributed by atoms with Crippen LogP contribution in [0.2, 0.25) is 0 Å². The first-order chi connectivity index (χ1) is 8.02. The van der Waals surface area contributed by atoms with Crippen molar-refractivity contribution in [3.8, 4) is 0 Å². The molecule has 9 nitrogen and oxygen atoms in total. The zero-order valence-electron chi connectivity index (χ0n) is 8.70. The van der Waals surface area contributed by atoms with Crippen LogP contribution in [0.15, 0.2) is 28.8 Å². The van der Waals surface area contributed by atoms with Gasteiger partial charge in [-0.3, -0.25) is 9.39 Å². The number of aliphatic imine (C=N–C) groups is 1. The summed E-state index contributed by atoms with van der Waals surface area (Å²) in [5, 5.41) is 4.26. The molecule has 0 saturated carbocycles. The maximum Gasteiger partial charge on any atom is 0.332 e. The van der Waals surface area contributed by atoms with Gasteiger partial charge >= 0.3 is 10.1 Å². The molecule has 0 amide bonds. The molecule has 0 saturated heterocycles. The molecule has 1 unspecified atom stereocenters. The Morgan fingerprint density at radius 2 is 2.29 bits per heavy atom. The van der Waals surface area contributed by atoms with Crippen LogP contribution in [0.3, 0.4) is 0 Å². The standard InChI is InChI=1S/C7H9N5O4S/c1-16-12-4-2-3-8-7(12)11-5-9-6(10-11)17(13,14)15/h2-5,7H,1H3,(H,13,14,15). The highest BCUT2D eigenvalue weighted by Crippen LogP contribution is 2.17. The molecule has 1 aromatic heterocycles. The van der Waals surface area contributed by atoms with E-state index in [0.29, 0.717) is 0 Å². The Kier molecular flexibility index (Phi) is 2.92. The van der Waals surface area contributed by atoms with Crippen LogP contribution in [0.5, 0.6) is 0 Å². The summed E-state index contributed by atoms with van der Waals surface area (Å²) in [5.74, 6) is 0. The summed E-state index contributed by atoms with van der Waals surface area (Å²) in [6.45, 7) is 0. The van der Waals surface area contributed by atoms with Gasteiger partial charge in [0.1, 0.15) is 6.33 Å². The van der Waals surface area contributed by atoms with Crippen LogP contribution in [-0.2, 0) is 15.0 Å². The van der Waals surface area contributed by atoms with E-state index < -0.39 is 21.6 Å². The molecule has 0 spiro atoms. The van der Waals surface area contributed by atoms with Crippen LogP contribution in [-0.4, -0.2) is 46.1 Å². The summed E-state index contributed by atoms with van der Waals surface area (Å²) in [6, 6.07) is 0. The van der Waals surface area contributed by atoms with Crippen molar-refractivity contribution < 1.29 is 17.8 Å². The van der Waals surface area contributed by atoms with Gasteiger partial charge in [-0.1, -0.05) is 0 Å². The van der Waals surface area contributed by atoms with Crippen molar-refractivity contribution >= 4 is 16.3 Å². The van der Waals surface area contributed by atoms with Gasteiger partial charge in [0, 0.05) is 12.4 Å². The number of hydrogen-bond donors (Lipinski definition) is 1. The topological polar surface area (TPSA) is 110 Å². The molecule has 2 heterocycles. The average Bonchev–Trinajstić information content (AvgIpc) is 2.77. The Bertz CT molecular complexity index is 563. The third-order valence-electron chi connectivity index (χ3n) is 1.93. The summed E-state index contributed by atoms with van der Waals surface area (Å²) in [4.78, 5) is 12.5. The molecule has 17 heavy (non-hydrogen) atoms. The van der Waals surface area contributed by atoms with Gasteiger partial charge in [0.05, 0.1) is 7.11 Å². The van der Waals surface area contributed by atoms with Crippen LogP contribution in [0, 0.1) is 0 Å². The van der Waals surface area contributed by atoms with Crippen molar-refractivity contribution in [3.05, 3.63) is 18.6 Å². The SMILES string of the molecule is CON1C=CC=NC1n1cnc(S(=O)(=O)O)n1. The molecule has 0 fully saturated rings. The van der Waals surface area contributed by atoms with Gasteiger partial charge in [0.2, 0.25) is 6.29 Å². The van der Waals surface area contributed by atoms with Crippen LogP contribution in [0.4, 0.5) is 0 Å². The summed E-state index contributed by atoms with van der Waals surface area (Å²) in [7, 11) is -2.99. The molecule has 1 aromatic rings. The minimum Gasteiger partial charge on any atom is -0.279 e. The van der Waals surface area contributed by atoms with E-state index >= 15 is 0 Å².